The Kier molecular flexibility index (Phi) is 7.57. The van der Waals surface area contributed by atoms with Crippen LogP contribution in [-0.4, -0.2) is 47.5 Å². The summed E-state index contributed by atoms with van der Waals surface area (Å²) in [6.45, 7) is 5.84. The van der Waals surface area contributed by atoms with Crippen molar-refractivity contribution in [1.29, 1.82) is 0 Å². The number of carbonyl (C=O) groups is 3. The number of alkyl carbamates (subject to hydrolysis) is 1. The van der Waals surface area contributed by atoms with E-state index in [1.165, 1.54) is 11.8 Å². The van der Waals surface area contributed by atoms with Gasteiger partial charge in [-0.2, -0.15) is 0 Å². The third-order valence-corrected chi connectivity index (χ3v) is 3.55. The number of carboxylic acids is 1. The van der Waals surface area contributed by atoms with Crippen LogP contribution in [0.2, 0.25) is 0 Å². The summed E-state index contributed by atoms with van der Waals surface area (Å²) in [4.78, 5) is 34.6. The molecule has 0 unspecified atom stereocenters. The van der Waals surface area contributed by atoms with Crippen molar-refractivity contribution >= 4 is 29.7 Å². The minimum Gasteiger partial charge on any atom is -0.481 e. The van der Waals surface area contributed by atoms with Crippen LogP contribution >= 0.6 is 11.8 Å². The Hall–Kier alpha value is -2.22. The Morgan fingerprint density at radius 1 is 1.08 bits per heavy atom. The van der Waals surface area contributed by atoms with E-state index in [0.29, 0.717) is 5.56 Å². The third kappa shape index (κ3) is 8.42. The summed E-state index contributed by atoms with van der Waals surface area (Å²) in [7, 11) is 0. The Morgan fingerprint density at radius 2 is 1.67 bits per heavy atom. The molecule has 0 aliphatic rings. The molecule has 0 atom stereocenters. The highest BCUT2D eigenvalue weighted by Gasteiger charge is 2.15. The average molecular weight is 354 g/mol. The predicted molar refractivity (Wildman–Crippen MR) is 91.4 cm³/mol. The summed E-state index contributed by atoms with van der Waals surface area (Å²) in [5.41, 5.74) is -0.0970. The predicted octanol–water partition coefficient (Wildman–Crippen LogP) is 2.12. The lowest BCUT2D eigenvalue weighted by molar-refractivity contribution is -0.133. The van der Waals surface area contributed by atoms with Gasteiger partial charge in [-0.05, 0) is 45.0 Å². The van der Waals surface area contributed by atoms with E-state index >= 15 is 0 Å². The number of nitrogens with one attached hydrogen (secondary N) is 2. The van der Waals surface area contributed by atoms with Gasteiger partial charge in [0.1, 0.15) is 5.60 Å². The largest absolute Gasteiger partial charge is 0.481 e. The van der Waals surface area contributed by atoms with Crippen molar-refractivity contribution in [3.63, 3.8) is 0 Å². The quantitative estimate of drug-likeness (QED) is 0.512. The minimum absolute atomic E-state index is 0.0259. The minimum atomic E-state index is -0.890. The summed E-state index contributed by atoms with van der Waals surface area (Å²) in [5.74, 6) is -1.18. The molecular weight excluding hydrogens is 332 g/mol. The second-order valence-electron chi connectivity index (χ2n) is 5.89. The molecule has 0 saturated heterocycles. The molecule has 0 spiro atoms. The lowest BCUT2D eigenvalue weighted by Crippen LogP contribution is -2.37. The first kappa shape index (κ1) is 19.8. The summed E-state index contributed by atoms with van der Waals surface area (Å²) in [6.07, 6.45) is -0.531. The van der Waals surface area contributed by atoms with Gasteiger partial charge in [-0.3, -0.25) is 9.59 Å². The number of ether oxygens (including phenoxy) is 1. The fraction of sp³-hybridized carbons (Fsp3) is 0.438. The molecular formula is C16H22N2O5S. The van der Waals surface area contributed by atoms with Crippen molar-refractivity contribution < 1.29 is 24.2 Å². The summed E-state index contributed by atoms with van der Waals surface area (Å²) in [5, 5.41) is 13.8. The van der Waals surface area contributed by atoms with Gasteiger partial charge in [-0.1, -0.05) is 0 Å². The molecule has 1 rings (SSSR count). The maximum Gasteiger partial charge on any atom is 0.407 e. The monoisotopic (exact) mass is 354 g/mol. The van der Waals surface area contributed by atoms with Crippen molar-refractivity contribution in [2.75, 3.05) is 18.8 Å². The lowest BCUT2D eigenvalue weighted by atomic mass is 10.2. The first-order valence-electron chi connectivity index (χ1n) is 7.37. The van der Waals surface area contributed by atoms with Gasteiger partial charge in [0.05, 0.1) is 5.75 Å². The zero-order chi connectivity index (χ0) is 18.2. The fourth-order valence-electron chi connectivity index (χ4n) is 1.60. The molecule has 0 heterocycles. The zero-order valence-electron chi connectivity index (χ0n) is 13.9. The van der Waals surface area contributed by atoms with Crippen LogP contribution in [0, 0.1) is 0 Å². The van der Waals surface area contributed by atoms with Crippen LogP contribution in [0.4, 0.5) is 4.79 Å². The van der Waals surface area contributed by atoms with Gasteiger partial charge < -0.3 is 20.5 Å². The van der Waals surface area contributed by atoms with Gasteiger partial charge in [-0.15, -0.1) is 11.8 Å². The molecule has 0 bridgehead atoms. The molecule has 132 valence electrons. The summed E-state index contributed by atoms with van der Waals surface area (Å²) in [6, 6.07) is 6.64. The van der Waals surface area contributed by atoms with Gasteiger partial charge in [0.2, 0.25) is 0 Å². The summed E-state index contributed by atoms with van der Waals surface area (Å²) >= 11 is 1.19. The highest BCUT2D eigenvalue weighted by Crippen LogP contribution is 2.18. The molecule has 7 nitrogen and oxygen atoms in total. The number of amides is 2. The van der Waals surface area contributed by atoms with Crippen LogP contribution in [0.15, 0.2) is 29.2 Å². The number of benzene rings is 1. The van der Waals surface area contributed by atoms with Crippen LogP contribution in [0.5, 0.6) is 0 Å². The SMILES string of the molecule is CC(C)(C)OC(=O)NCCNC(=O)c1ccc(SCC(=O)O)cc1. The molecule has 0 aliphatic heterocycles. The molecule has 3 N–H and O–H groups in total. The topological polar surface area (TPSA) is 105 Å². The number of rotatable bonds is 7. The third-order valence-electron chi connectivity index (χ3n) is 2.56. The first-order valence-corrected chi connectivity index (χ1v) is 8.35. The summed E-state index contributed by atoms with van der Waals surface area (Å²) < 4.78 is 5.08. The Morgan fingerprint density at radius 3 is 2.21 bits per heavy atom. The molecule has 0 aliphatic carbocycles. The van der Waals surface area contributed by atoms with E-state index in [1.54, 1.807) is 45.0 Å². The lowest BCUT2D eigenvalue weighted by Gasteiger charge is -2.19. The standard InChI is InChI=1S/C16H22N2O5S/c1-16(2,3)23-15(22)18-9-8-17-14(21)11-4-6-12(7-5-11)24-10-13(19)20/h4-7H,8-10H2,1-3H3,(H,17,21)(H,18,22)(H,19,20). The maximum atomic E-state index is 11.9. The molecule has 1 aromatic carbocycles. The zero-order valence-corrected chi connectivity index (χ0v) is 14.7. The molecule has 24 heavy (non-hydrogen) atoms. The number of carbonyl (C=O) groups excluding carboxylic acids is 2. The van der Waals surface area contributed by atoms with E-state index in [2.05, 4.69) is 10.6 Å². The van der Waals surface area contributed by atoms with E-state index < -0.39 is 17.7 Å². The van der Waals surface area contributed by atoms with E-state index in [1.807, 2.05) is 0 Å². The van der Waals surface area contributed by atoms with Gasteiger partial charge in [-0.25, -0.2) is 4.79 Å². The Balaban J connectivity index is 2.32. The fourth-order valence-corrected chi connectivity index (χ4v) is 2.22. The first-order chi connectivity index (χ1) is 11.2. The molecule has 0 aromatic heterocycles. The number of hydrogen-bond donors (Lipinski definition) is 3. The highest BCUT2D eigenvalue weighted by molar-refractivity contribution is 8.00. The number of carboxylic acid groups (broad SMARTS) is 1. The highest BCUT2D eigenvalue weighted by atomic mass is 32.2. The van der Waals surface area contributed by atoms with Crippen molar-refractivity contribution in [1.82, 2.24) is 10.6 Å². The number of aliphatic carboxylic acids is 1. The number of thioether (sulfide) groups is 1. The van der Waals surface area contributed by atoms with Crippen LogP contribution < -0.4 is 10.6 Å². The van der Waals surface area contributed by atoms with Gasteiger partial charge in [0, 0.05) is 23.5 Å². The molecule has 1 aromatic rings. The molecule has 0 fully saturated rings. The number of hydrogen-bond acceptors (Lipinski definition) is 5. The molecule has 0 saturated carbocycles. The van der Waals surface area contributed by atoms with Gasteiger partial charge in [0.15, 0.2) is 0 Å². The second-order valence-corrected chi connectivity index (χ2v) is 6.94. The Bertz CT molecular complexity index is 581. The van der Waals surface area contributed by atoms with Crippen LogP contribution in [0.1, 0.15) is 31.1 Å². The van der Waals surface area contributed by atoms with Crippen molar-refractivity contribution in [3.05, 3.63) is 29.8 Å². The molecule has 0 radical (unpaired) electrons. The maximum absolute atomic E-state index is 11.9. The van der Waals surface area contributed by atoms with Crippen molar-refractivity contribution in [2.24, 2.45) is 0 Å². The van der Waals surface area contributed by atoms with E-state index in [-0.39, 0.29) is 24.7 Å². The molecule has 8 heteroatoms. The smallest absolute Gasteiger partial charge is 0.407 e. The van der Waals surface area contributed by atoms with Crippen LogP contribution in [0.3, 0.4) is 0 Å². The van der Waals surface area contributed by atoms with E-state index in [0.717, 1.165) is 4.90 Å². The molecule has 2 amide bonds. The van der Waals surface area contributed by atoms with Crippen molar-refractivity contribution in [3.8, 4) is 0 Å². The van der Waals surface area contributed by atoms with E-state index in [9.17, 15) is 14.4 Å². The van der Waals surface area contributed by atoms with Crippen LogP contribution in [0.25, 0.3) is 0 Å². The Labute approximate surface area is 145 Å². The van der Waals surface area contributed by atoms with Gasteiger partial charge in [0.25, 0.3) is 5.91 Å². The van der Waals surface area contributed by atoms with Crippen LogP contribution in [-0.2, 0) is 9.53 Å². The second kappa shape index (κ2) is 9.17. The van der Waals surface area contributed by atoms with Crippen molar-refractivity contribution in [2.45, 2.75) is 31.3 Å². The normalized spacial score (nSPS) is 10.8. The van der Waals surface area contributed by atoms with E-state index in [4.69, 9.17) is 9.84 Å². The average Bonchev–Trinajstić information content (AvgIpc) is 2.48. The van der Waals surface area contributed by atoms with Gasteiger partial charge >= 0.3 is 12.1 Å².